The van der Waals surface area contributed by atoms with E-state index in [0.29, 0.717) is 18.3 Å². The van der Waals surface area contributed by atoms with Crippen molar-refractivity contribution in [2.24, 2.45) is 0 Å². The van der Waals surface area contributed by atoms with Crippen LogP contribution in [0.3, 0.4) is 0 Å². The van der Waals surface area contributed by atoms with Gasteiger partial charge in [0.1, 0.15) is 17.9 Å². The third-order valence-electron chi connectivity index (χ3n) is 4.28. The van der Waals surface area contributed by atoms with Gasteiger partial charge in [-0.15, -0.1) is 13.2 Å². The topological polar surface area (TPSA) is 46.4 Å². The van der Waals surface area contributed by atoms with Gasteiger partial charge in [-0.3, -0.25) is 4.90 Å². The van der Waals surface area contributed by atoms with E-state index < -0.39 is 6.36 Å². The Morgan fingerprint density at radius 3 is 2.56 bits per heavy atom. The molecule has 0 saturated carbocycles. The maximum absolute atomic E-state index is 12.2. The Bertz CT molecular complexity index is 699. The van der Waals surface area contributed by atoms with Gasteiger partial charge in [0, 0.05) is 19.1 Å². The number of halogens is 3. The summed E-state index contributed by atoms with van der Waals surface area (Å²) >= 11 is 0. The molecular formula is C16H20F3N5O. The lowest BCUT2D eigenvalue weighted by Crippen LogP contribution is -2.31. The number of alkyl halides is 3. The van der Waals surface area contributed by atoms with E-state index in [1.807, 2.05) is 0 Å². The normalized spacial score (nSPS) is 18.9. The molecule has 136 valence electrons. The quantitative estimate of drug-likeness (QED) is 0.824. The molecule has 25 heavy (non-hydrogen) atoms. The van der Waals surface area contributed by atoms with Crippen molar-refractivity contribution in [3.05, 3.63) is 36.4 Å². The molecule has 1 aromatic heterocycles. The molecule has 1 atom stereocenters. The van der Waals surface area contributed by atoms with Gasteiger partial charge >= 0.3 is 6.36 Å². The summed E-state index contributed by atoms with van der Waals surface area (Å²) in [5.74, 6) is 0.496. The van der Waals surface area contributed by atoms with Crippen molar-refractivity contribution in [1.82, 2.24) is 24.6 Å². The second kappa shape index (κ2) is 7.01. The second-order valence-electron chi connectivity index (χ2n) is 6.27. The minimum absolute atomic E-state index is 0.258. The van der Waals surface area contributed by atoms with Gasteiger partial charge in [-0.1, -0.05) is 0 Å². The zero-order valence-corrected chi connectivity index (χ0v) is 14.1. The predicted molar refractivity (Wildman–Crippen MR) is 85.4 cm³/mol. The first-order valence-electron chi connectivity index (χ1n) is 7.96. The number of benzene rings is 1. The van der Waals surface area contributed by atoms with Gasteiger partial charge in [0.2, 0.25) is 0 Å². The molecule has 1 unspecified atom stereocenters. The summed E-state index contributed by atoms with van der Waals surface area (Å²) in [4.78, 5) is 8.80. The Balaban J connectivity index is 1.69. The number of rotatable bonds is 5. The molecule has 0 aliphatic carbocycles. The van der Waals surface area contributed by atoms with Gasteiger partial charge in [0.15, 0.2) is 0 Å². The highest BCUT2D eigenvalue weighted by Gasteiger charge is 2.31. The van der Waals surface area contributed by atoms with Crippen molar-refractivity contribution in [3.8, 4) is 11.4 Å². The van der Waals surface area contributed by atoms with E-state index in [2.05, 4.69) is 38.7 Å². The standard InChI is InChI=1S/C16H20F3N5O/c1-22(2)13-7-8-23(9-13)10-15-20-11-21-24(15)12-3-5-14(6-4-12)25-16(17,18)19/h3-6,11,13H,7-10H2,1-2H3. The SMILES string of the molecule is CN(C)C1CCN(Cc2ncnn2-c2ccc(OC(F)(F)F)cc2)C1. The Kier molecular flexibility index (Phi) is 4.96. The Labute approximate surface area is 143 Å². The van der Waals surface area contributed by atoms with Crippen LogP contribution in [-0.4, -0.2) is 64.2 Å². The molecule has 1 aliphatic heterocycles. The van der Waals surface area contributed by atoms with Crippen LogP contribution in [0, 0.1) is 0 Å². The fraction of sp³-hybridized carbons (Fsp3) is 0.500. The minimum atomic E-state index is -4.70. The van der Waals surface area contributed by atoms with Crippen molar-refractivity contribution < 1.29 is 17.9 Å². The summed E-state index contributed by atoms with van der Waals surface area (Å²) in [6, 6.07) is 6.13. The monoisotopic (exact) mass is 355 g/mol. The Hall–Kier alpha value is -2.13. The minimum Gasteiger partial charge on any atom is -0.406 e. The van der Waals surface area contributed by atoms with Crippen molar-refractivity contribution in [1.29, 1.82) is 0 Å². The molecule has 3 rings (SSSR count). The second-order valence-corrected chi connectivity index (χ2v) is 6.27. The first-order chi connectivity index (χ1) is 11.8. The highest BCUT2D eigenvalue weighted by atomic mass is 19.4. The lowest BCUT2D eigenvalue weighted by Gasteiger charge is -2.20. The fourth-order valence-corrected chi connectivity index (χ4v) is 2.96. The average molecular weight is 355 g/mol. The van der Waals surface area contributed by atoms with Crippen molar-refractivity contribution in [2.75, 3.05) is 27.2 Å². The van der Waals surface area contributed by atoms with Crippen LogP contribution in [0.15, 0.2) is 30.6 Å². The van der Waals surface area contributed by atoms with Crippen molar-refractivity contribution >= 4 is 0 Å². The molecule has 0 N–H and O–H groups in total. The third kappa shape index (κ3) is 4.49. The molecule has 0 bridgehead atoms. The maximum atomic E-state index is 12.2. The van der Waals surface area contributed by atoms with Crippen LogP contribution in [-0.2, 0) is 6.54 Å². The maximum Gasteiger partial charge on any atom is 0.573 e. The highest BCUT2D eigenvalue weighted by Crippen LogP contribution is 2.24. The molecular weight excluding hydrogens is 335 g/mol. The van der Waals surface area contributed by atoms with Crippen LogP contribution in [0.5, 0.6) is 5.75 Å². The molecule has 2 aromatic rings. The summed E-state index contributed by atoms with van der Waals surface area (Å²) in [6.07, 6.45) is -2.14. The number of likely N-dealkylation sites (N-methyl/N-ethyl adjacent to an activating group) is 1. The lowest BCUT2D eigenvalue weighted by atomic mass is 10.2. The van der Waals surface area contributed by atoms with E-state index in [9.17, 15) is 13.2 Å². The van der Waals surface area contributed by atoms with E-state index in [-0.39, 0.29) is 5.75 Å². The van der Waals surface area contributed by atoms with Crippen LogP contribution < -0.4 is 4.74 Å². The van der Waals surface area contributed by atoms with Crippen LogP contribution in [0.25, 0.3) is 5.69 Å². The van der Waals surface area contributed by atoms with Crippen LogP contribution >= 0.6 is 0 Å². The smallest absolute Gasteiger partial charge is 0.406 e. The highest BCUT2D eigenvalue weighted by molar-refractivity contribution is 5.37. The molecule has 0 spiro atoms. The average Bonchev–Trinajstić information content (AvgIpc) is 3.16. The summed E-state index contributed by atoms with van der Waals surface area (Å²) in [5, 5.41) is 4.19. The Morgan fingerprint density at radius 2 is 1.96 bits per heavy atom. The summed E-state index contributed by atoms with van der Waals surface area (Å²) < 4.78 is 42.2. The van der Waals surface area contributed by atoms with Gasteiger partial charge in [-0.25, -0.2) is 9.67 Å². The van der Waals surface area contributed by atoms with Gasteiger partial charge in [-0.05, 0) is 44.8 Å². The molecule has 2 heterocycles. The molecule has 9 heteroatoms. The predicted octanol–water partition coefficient (Wildman–Crippen LogP) is 2.30. The number of nitrogens with zero attached hydrogens (tertiary/aromatic N) is 5. The zero-order valence-electron chi connectivity index (χ0n) is 14.1. The lowest BCUT2D eigenvalue weighted by molar-refractivity contribution is -0.274. The number of hydrogen-bond acceptors (Lipinski definition) is 5. The number of aromatic nitrogens is 3. The summed E-state index contributed by atoms with van der Waals surface area (Å²) in [6.45, 7) is 2.58. The van der Waals surface area contributed by atoms with E-state index in [0.717, 1.165) is 25.3 Å². The van der Waals surface area contributed by atoms with Gasteiger partial charge in [0.25, 0.3) is 0 Å². The first kappa shape index (κ1) is 17.7. The summed E-state index contributed by atoms with van der Waals surface area (Å²) in [5.41, 5.74) is 0.644. The third-order valence-corrected chi connectivity index (χ3v) is 4.28. The van der Waals surface area contributed by atoms with Gasteiger partial charge in [-0.2, -0.15) is 5.10 Å². The number of ether oxygens (including phenoxy) is 1. The van der Waals surface area contributed by atoms with Crippen LogP contribution in [0.2, 0.25) is 0 Å². The largest absolute Gasteiger partial charge is 0.573 e. The number of likely N-dealkylation sites (tertiary alicyclic amines) is 1. The molecule has 0 amide bonds. The Morgan fingerprint density at radius 1 is 1.24 bits per heavy atom. The van der Waals surface area contributed by atoms with Crippen molar-refractivity contribution in [2.45, 2.75) is 25.4 Å². The van der Waals surface area contributed by atoms with Crippen LogP contribution in [0.4, 0.5) is 13.2 Å². The first-order valence-corrected chi connectivity index (χ1v) is 7.96. The number of hydrogen-bond donors (Lipinski definition) is 0. The van der Waals surface area contributed by atoms with Gasteiger partial charge < -0.3 is 9.64 Å². The molecule has 0 radical (unpaired) electrons. The fourth-order valence-electron chi connectivity index (χ4n) is 2.96. The van der Waals surface area contributed by atoms with Gasteiger partial charge in [0.05, 0.1) is 12.2 Å². The van der Waals surface area contributed by atoms with Crippen LogP contribution in [0.1, 0.15) is 12.2 Å². The molecule has 1 saturated heterocycles. The zero-order chi connectivity index (χ0) is 18.0. The van der Waals surface area contributed by atoms with E-state index in [1.54, 1.807) is 4.68 Å². The van der Waals surface area contributed by atoms with E-state index in [1.165, 1.54) is 30.6 Å². The van der Waals surface area contributed by atoms with E-state index >= 15 is 0 Å². The molecule has 1 aliphatic rings. The molecule has 6 nitrogen and oxygen atoms in total. The van der Waals surface area contributed by atoms with Crippen molar-refractivity contribution in [3.63, 3.8) is 0 Å². The van der Waals surface area contributed by atoms with E-state index in [4.69, 9.17) is 0 Å². The molecule has 1 fully saturated rings. The summed E-state index contributed by atoms with van der Waals surface area (Å²) in [7, 11) is 4.14. The molecule has 1 aromatic carbocycles.